The van der Waals surface area contributed by atoms with Gasteiger partial charge in [-0.05, 0) is 30.0 Å². The average molecular weight is 191 g/mol. The van der Waals surface area contributed by atoms with Crippen molar-refractivity contribution in [3.8, 4) is 6.07 Å². The van der Waals surface area contributed by atoms with Gasteiger partial charge < -0.3 is 0 Å². The minimum absolute atomic E-state index is 0.461. The molecule has 0 radical (unpaired) electrons. The average Bonchev–Trinajstić information content (AvgIpc) is 2.18. The molecule has 0 aliphatic heterocycles. The summed E-state index contributed by atoms with van der Waals surface area (Å²) in [7, 11) is 0. The van der Waals surface area contributed by atoms with E-state index in [0.29, 0.717) is 5.56 Å². The third kappa shape index (κ3) is 2.60. The lowest BCUT2D eigenvalue weighted by Gasteiger charge is -1.97. The van der Waals surface area contributed by atoms with Gasteiger partial charge in [-0.15, -0.1) is 11.8 Å². The number of hydrogen-bond acceptors (Lipinski definition) is 3. The van der Waals surface area contributed by atoms with E-state index in [1.807, 2.05) is 12.1 Å². The number of benzene rings is 1. The van der Waals surface area contributed by atoms with Gasteiger partial charge in [0.05, 0.1) is 0 Å². The molecule has 0 N–H and O–H groups in total. The summed E-state index contributed by atoms with van der Waals surface area (Å²) in [6, 6.07) is 8.67. The van der Waals surface area contributed by atoms with Crippen LogP contribution in [0.25, 0.3) is 0 Å². The highest BCUT2D eigenvalue weighted by atomic mass is 32.2. The molecule has 0 unspecified atom stereocenters. The number of nitrogens with zero attached hydrogens (tertiary/aromatic N) is 1. The Hall–Kier alpha value is -1.27. The first-order chi connectivity index (χ1) is 6.27. The van der Waals surface area contributed by atoms with Crippen molar-refractivity contribution in [2.75, 3.05) is 5.75 Å². The number of carbonyl (C=O) groups is 1. The monoisotopic (exact) mass is 191 g/mol. The fourth-order valence-corrected chi connectivity index (χ4v) is 1.60. The van der Waals surface area contributed by atoms with E-state index in [4.69, 9.17) is 5.26 Å². The van der Waals surface area contributed by atoms with Crippen molar-refractivity contribution in [2.45, 2.75) is 11.8 Å². The van der Waals surface area contributed by atoms with Crippen LogP contribution in [0.3, 0.4) is 0 Å². The molecule has 13 heavy (non-hydrogen) atoms. The molecule has 0 aromatic heterocycles. The van der Waals surface area contributed by atoms with E-state index in [-0.39, 0.29) is 0 Å². The SMILES string of the molecule is CCSc1ccc(C(=O)C#N)cc1. The zero-order valence-electron chi connectivity index (χ0n) is 7.28. The highest BCUT2D eigenvalue weighted by Gasteiger charge is 2.02. The van der Waals surface area contributed by atoms with E-state index in [9.17, 15) is 4.79 Å². The van der Waals surface area contributed by atoms with Gasteiger partial charge in [0, 0.05) is 10.5 Å². The van der Waals surface area contributed by atoms with Crippen LogP contribution in [0.2, 0.25) is 0 Å². The van der Waals surface area contributed by atoms with Crippen LogP contribution in [0.15, 0.2) is 29.2 Å². The lowest BCUT2D eigenvalue weighted by Crippen LogP contribution is -1.93. The van der Waals surface area contributed by atoms with E-state index < -0.39 is 5.78 Å². The second-order valence-corrected chi connectivity index (χ2v) is 3.74. The highest BCUT2D eigenvalue weighted by Crippen LogP contribution is 2.17. The fraction of sp³-hybridized carbons (Fsp3) is 0.200. The number of Topliss-reactive ketones (excluding diaryl/α,β-unsaturated/α-hetero) is 1. The van der Waals surface area contributed by atoms with Crippen LogP contribution in [-0.4, -0.2) is 11.5 Å². The summed E-state index contributed by atoms with van der Waals surface area (Å²) < 4.78 is 0. The normalized spacial score (nSPS) is 9.23. The molecule has 0 saturated carbocycles. The van der Waals surface area contributed by atoms with Crippen LogP contribution in [0.1, 0.15) is 17.3 Å². The molecule has 0 amide bonds. The number of rotatable bonds is 3. The minimum Gasteiger partial charge on any atom is -0.277 e. The molecule has 0 atom stereocenters. The Bertz CT molecular complexity index is 337. The summed E-state index contributed by atoms with van der Waals surface area (Å²) in [5.74, 6) is 0.527. The van der Waals surface area contributed by atoms with Gasteiger partial charge in [-0.2, -0.15) is 5.26 Å². The number of thioether (sulfide) groups is 1. The molecule has 0 spiro atoms. The van der Waals surface area contributed by atoms with Crippen molar-refractivity contribution in [3.05, 3.63) is 29.8 Å². The molecule has 1 aromatic carbocycles. The summed E-state index contributed by atoms with van der Waals surface area (Å²) in [6.07, 6.45) is 0. The van der Waals surface area contributed by atoms with E-state index in [1.165, 1.54) is 0 Å². The lowest BCUT2D eigenvalue weighted by atomic mass is 10.1. The van der Waals surface area contributed by atoms with Gasteiger partial charge in [0.1, 0.15) is 6.07 Å². The summed E-state index contributed by atoms with van der Waals surface area (Å²) in [4.78, 5) is 12.0. The van der Waals surface area contributed by atoms with Gasteiger partial charge in [0.15, 0.2) is 0 Å². The Balaban J connectivity index is 2.82. The zero-order chi connectivity index (χ0) is 9.68. The van der Waals surface area contributed by atoms with Crippen LogP contribution >= 0.6 is 11.8 Å². The number of nitriles is 1. The van der Waals surface area contributed by atoms with Gasteiger partial charge in [-0.1, -0.05) is 6.92 Å². The summed E-state index contributed by atoms with van der Waals surface area (Å²) in [5.41, 5.74) is 0.461. The van der Waals surface area contributed by atoms with Gasteiger partial charge in [-0.3, -0.25) is 4.79 Å². The molecular weight excluding hydrogens is 182 g/mol. The van der Waals surface area contributed by atoms with Crippen LogP contribution in [0.4, 0.5) is 0 Å². The molecule has 0 aliphatic rings. The molecule has 1 aromatic rings. The van der Waals surface area contributed by atoms with Gasteiger partial charge >= 0.3 is 0 Å². The lowest BCUT2D eigenvalue weighted by molar-refractivity contribution is 0.105. The molecule has 0 heterocycles. The first-order valence-corrected chi connectivity index (χ1v) is 4.93. The third-order valence-corrected chi connectivity index (χ3v) is 2.42. The molecule has 3 heteroatoms. The number of hydrogen-bond donors (Lipinski definition) is 0. The standard InChI is InChI=1S/C10H9NOS/c1-2-13-9-5-3-8(4-6-9)10(12)7-11/h3-6H,2H2,1H3. The van der Waals surface area contributed by atoms with Crippen molar-refractivity contribution < 1.29 is 4.79 Å². The predicted molar refractivity (Wildman–Crippen MR) is 52.8 cm³/mol. The molecule has 0 saturated heterocycles. The van der Waals surface area contributed by atoms with Crippen LogP contribution in [0, 0.1) is 11.3 Å². The zero-order valence-corrected chi connectivity index (χ0v) is 8.10. The Morgan fingerprint density at radius 2 is 2.08 bits per heavy atom. The molecule has 0 fully saturated rings. The van der Waals surface area contributed by atoms with Crippen LogP contribution in [0.5, 0.6) is 0 Å². The second kappa shape index (κ2) is 4.68. The Kier molecular flexibility index (Phi) is 3.53. The maximum absolute atomic E-state index is 10.9. The fourth-order valence-electron chi connectivity index (χ4n) is 0.934. The van der Waals surface area contributed by atoms with E-state index in [2.05, 4.69) is 6.92 Å². The van der Waals surface area contributed by atoms with E-state index >= 15 is 0 Å². The topological polar surface area (TPSA) is 40.9 Å². The molecule has 0 bridgehead atoms. The number of carbonyl (C=O) groups excluding carboxylic acids is 1. The van der Waals surface area contributed by atoms with Crippen molar-refractivity contribution in [1.82, 2.24) is 0 Å². The Morgan fingerprint density at radius 1 is 1.46 bits per heavy atom. The summed E-state index contributed by atoms with van der Waals surface area (Å²) in [6.45, 7) is 2.07. The maximum atomic E-state index is 10.9. The first kappa shape index (κ1) is 9.82. The maximum Gasteiger partial charge on any atom is 0.262 e. The smallest absolute Gasteiger partial charge is 0.262 e. The molecule has 1 rings (SSSR count). The first-order valence-electron chi connectivity index (χ1n) is 3.95. The Labute approximate surface area is 81.6 Å². The van der Waals surface area contributed by atoms with Gasteiger partial charge in [0.2, 0.25) is 0 Å². The molecule has 0 aliphatic carbocycles. The van der Waals surface area contributed by atoms with E-state index in [1.54, 1.807) is 30.0 Å². The van der Waals surface area contributed by atoms with Crippen molar-refractivity contribution in [1.29, 1.82) is 5.26 Å². The number of ketones is 1. The molecular formula is C10H9NOS. The summed E-state index contributed by atoms with van der Waals surface area (Å²) >= 11 is 1.71. The largest absolute Gasteiger partial charge is 0.277 e. The van der Waals surface area contributed by atoms with Crippen molar-refractivity contribution in [2.24, 2.45) is 0 Å². The van der Waals surface area contributed by atoms with E-state index in [0.717, 1.165) is 10.6 Å². The molecule has 2 nitrogen and oxygen atoms in total. The van der Waals surface area contributed by atoms with Gasteiger partial charge in [-0.25, -0.2) is 0 Å². The summed E-state index contributed by atoms with van der Waals surface area (Å²) in [5, 5.41) is 8.36. The van der Waals surface area contributed by atoms with Crippen molar-refractivity contribution >= 4 is 17.5 Å². The van der Waals surface area contributed by atoms with Crippen LogP contribution < -0.4 is 0 Å². The quantitative estimate of drug-likeness (QED) is 0.418. The van der Waals surface area contributed by atoms with Crippen LogP contribution in [-0.2, 0) is 0 Å². The minimum atomic E-state index is -0.479. The second-order valence-electron chi connectivity index (χ2n) is 2.40. The van der Waals surface area contributed by atoms with Gasteiger partial charge in [0.25, 0.3) is 5.78 Å². The van der Waals surface area contributed by atoms with Crippen molar-refractivity contribution in [3.63, 3.8) is 0 Å². The Morgan fingerprint density at radius 3 is 2.54 bits per heavy atom. The molecule has 66 valence electrons. The highest BCUT2D eigenvalue weighted by molar-refractivity contribution is 7.99. The predicted octanol–water partition coefficient (Wildman–Crippen LogP) is 2.50. The third-order valence-electron chi connectivity index (χ3n) is 1.53.